The van der Waals surface area contributed by atoms with Crippen LogP contribution in [0.5, 0.6) is 11.5 Å². The highest BCUT2D eigenvalue weighted by Gasteiger charge is 2.20. The number of hydrogen-bond acceptors (Lipinski definition) is 4. The molecule has 7 nitrogen and oxygen atoms in total. The number of hydrogen-bond donors (Lipinski definition) is 2. The third-order valence-electron chi connectivity index (χ3n) is 3.77. The van der Waals surface area contributed by atoms with Gasteiger partial charge in [-0.1, -0.05) is 12.1 Å². The standard InChI is InChI=1S/C18H19N3O4/c1-3-24-15-8-4-6-12-10-13(11-25-16(12)15)17(22)19-20-18(23)14-7-5-9-21(14)2/h4-10H,3,11H2,1-2H3,(H,19,22)(H,20,23). The van der Waals surface area contributed by atoms with E-state index in [-0.39, 0.29) is 6.61 Å². The largest absolute Gasteiger partial charge is 0.490 e. The molecule has 130 valence electrons. The Hall–Kier alpha value is -3.22. The molecule has 25 heavy (non-hydrogen) atoms. The first-order valence-corrected chi connectivity index (χ1v) is 7.91. The molecule has 0 unspecified atom stereocenters. The molecule has 7 heteroatoms. The Morgan fingerprint density at radius 1 is 1.20 bits per heavy atom. The molecule has 2 heterocycles. The number of carbonyl (C=O) groups is 2. The molecule has 0 bridgehead atoms. The molecule has 2 N–H and O–H groups in total. The minimum atomic E-state index is -0.421. The van der Waals surface area contributed by atoms with Gasteiger partial charge in [0.05, 0.1) is 12.2 Å². The average Bonchev–Trinajstić information content (AvgIpc) is 3.05. The minimum Gasteiger partial charge on any atom is -0.490 e. The molecule has 0 atom stereocenters. The van der Waals surface area contributed by atoms with E-state index in [0.717, 1.165) is 5.56 Å². The van der Waals surface area contributed by atoms with Crippen LogP contribution in [0.3, 0.4) is 0 Å². The predicted octanol–water partition coefficient (Wildman–Crippen LogP) is 1.66. The van der Waals surface area contributed by atoms with Gasteiger partial charge in [0.25, 0.3) is 11.8 Å². The van der Waals surface area contributed by atoms with Gasteiger partial charge < -0.3 is 14.0 Å². The molecule has 1 aromatic heterocycles. The number of carbonyl (C=O) groups excluding carboxylic acids is 2. The van der Waals surface area contributed by atoms with E-state index in [1.54, 1.807) is 36.0 Å². The zero-order chi connectivity index (χ0) is 17.8. The normalized spacial score (nSPS) is 12.5. The lowest BCUT2D eigenvalue weighted by atomic mass is 10.1. The van der Waals surface area contributed by atoms with Crippen molar-refractivity contribution < 1.29 is 19.1 Å². The van der Waals surface area contributed by atoms with Gasteiger partial charge in [0.1, 0.15) is 12.3 Å². The van der Waals surface area contributed by atoms with E-state index in [0.29, 0.717) is 29.4 Å². The van der Waals surface area contributed by atoms with E-state index in [2.05, 4.69) is 10.9 Å². The first-order valence-electron chi connectivity index (χ1n) is 7.91. The zero-order valence-electron chi connectivity index (χ0n) is 14.0. The lowest BCUT2D eigenvalue weighted by molar-refractivity contribution is -0.118. The Morgan fingerprint density at radius 3 is 2.72 bits per heavy atom. The number of nitrogens with zero attached hydrogens (tertiary/aromatic N) is 1. The summed E-state index contributed by atoms with van der Waals surface area (Å²) in [5.74, 6) is 0.452. The van der Waals surface area contributed by atoms with Crippen LogP contribution in [0.15, 0.2) is 42.1 Å². The highest BCUT2D eigenvalue weighted by Crippen LogP contribution is 2.35. The second kappa shape index (κ2) is 7.12. The quantitative estimate of drug-likeness (QED) is 0.829. The number of ether oxygens (including phenoxy) is 2. The van der Waals surface area contributed by atoms with Crippen LogP contribution in [0.2, 0.25) is 0 Å². The van der Waals surface area contributed by atoms with Crippen molar-refractivity contribution in [3.63, 3.8) is 0 Å². The fourth-order valence-electron chi connectivity index (χ4n) is 2.54. The van der Waals surface area contributed by atoms with Gasteiger partial charge in [-0.25, -0.2) is 0 Å². The number of fused-ring (bicyclic) bond motifs is 1. The lowest BCUT2D eigenvalue weighted by Crippen LogP contribution is -2.43. The van der Waals surface area contributed by atoms with Crippen molar-refractivity contribution in [2.75, 3.05) is 13.2 Å². The van der Waals surface area contributed by atoms with Gasteiger partial charge >= 0.3 is 0 Å². The zero-order valence-corrected chi connectivity index (χ0v) is 14.0. The van der Waals surface area contributed by atoms with Gasteiger partial charge in [0.15, 0.2) is 11.5 Å². The minimum absolute atomic E-state index is 0.100. The molecular weight excluding hydrogens is 322 g/mol. The molecule has 1 aliphatic rings. The number of benzene rings is 1. The maximum absolute atomic E-state index is 12.3. The fourth-order valence-corrected chi connectivity index (χ4v) is 2.54. The number of amides is 2. The van der Waals surface area contributed by atoms with Gasteiger partial charge in [-0.2, -0.15) is 0 Å². The van der Waals surface area contributed by atoms with Gasteiger partial charge in [-0.15, -0.1) is 0 Å². The van der Waals surface area contributed by atoms with Crippen LogP contribution in [0.4, 0.5) is 0 Å². The summed E-state index contributed by atoms with van der Waals surface area (Å²) < 4.78 is 12.8. The molecule has 3 rings (SSSR count). The molecule has 0 saturated heterocycles. The molecule has 2 aromatic rings. The molecule has 1 aromatic carbocycles. The smallest absolute Gasteiger partial charge is 0.286 e. The lowest BCUT2D eigenvalue weighted by Gasteiger charge is -2.20. The Morgan fingerprint density at radius 2 is 2.00 bits per heavy atom. The van der Waals surface area contributed by atoms with E-state index in [4.69, 9.17) is 9.47 Å². The van der Waals surface area contributed by atoms with Gasteiger partial charge in [0.2, 0.25) is 0 Å². The number of nitrogens with one attached hydrogen (secondary N) is 2. The monoisotopic (exact) mass is 341 g/mol. The topological polar surface area (TPSA) is 81.6 Å². The van der Waals surface area contributed by atoms with Crippen LogP contribution in [-0.4, -0.2) is 29.6 Å². The highest BCUT2D eigenvalue weighted by atomic mass is 16.5. The summed E-state index contributed by atoms with van der Waals surface area (Å²) in [6.45, 7) is 2.53. The van der Waals surface area contributed by atoms with Crippen LogP contribution in [0, 0.1) is 0 Å². The van der Waals surface area contributed by atoms with E-state index in [1.165, 1.54) is 0 Å². The first-order chi connectivity index (χ1) is 12.1. The molecular formula is C18H19N3O4. The maximum atomic E-state index is 12.3. The third-order valence-corrected chi connectivity index (χ3v) is 3.77. The summed E-state index contributed by atoms with van der Waals surface area (Å²) in [4.78, 5) is 24.3. The van der Waals surface area contributed by atoms with E-state index >= 15 is 0 Å². The van der Waals surface area contributed by atoms with Crippen LogP contribution in [0.25, 0.3) is 6.08 Å². The SMILES string of the molecule is CCOc1cccc2c1OCC(C(=O)NNC(=O)c1cccn1C)=C2. The number of aryl methyl sites for hydroxylation is 1. The Kier molecular flexibility index (Phi) is 4.74. The summed E-state index contributed by atoms with van der Waals surface area (Å²) in [6, 6.07) is 8.91. The summed E-state index contributed by atoms with van der Waals surface area (Å²) in [5, 5.41) is 0. The van der Waals surface area contributed by atoms with Crippen LogP contribution >= 0.6 is 0 Å². The van der Waals surface area contributed by atoms with Crippen LogP contribution in [-0.2, 0) is 11.8 Å². The average molecular weight is 341 g/mol. The molecule has 0 saturated carbocycles. The van der Waals surface area contributed by atoms with Gasteiger partial charge in [-0.3, -0.25) is 20.4 Å². The van der Waals surface area contributed by atoms with E-state index < -0.39 is 11.8 Å². The van der Waals surface area contributed by atoms with Crippen molar-refractivity contribution in [2.24, 2.45) is 7.05 Å². The summed E-state index contributed by atoms with van der Waals surface area (Å²) in [5.41, 5.74) is 6.42. The molecule has 2 amide bonds. The Balaban J connectivity index is 1.68. The highest BCUT2D eigenvalue weighted by molar-refractivity contribution is 6.01. The summed E-state index contributed by atoms with van der Waals surface area (Å²) >= 11 is 0. The van der Waals surface area contributed by atoms with Crippen LogP contribution in [0.1, 0.15) is 23.0 Å². The second-order valence-electron chi connectivity index (χ2n) is 5.48. The number of hydrazine groups is 1. The van der Waals surface area contributed by atoms with E-state index in [9.17, 15) is 9.59 Å². The molecule has 0 radical (unpaired) electrons. The predicted molar refractivity (Wildman–Crippen MR) is 92.1 cm³/mol. The van der Waals surface area contributed by atoms with Crippen molar-refractivity contribution in [2.45, 2.75) is 6.92 Å². The number of aromatic nitrogens is 1. The Labute approximate surface area is 145 Å². The molecule has 0 spiro atoms. The molecule has 0 fully saturated rings. The summed E-state index contributed by atoms with van der Waals surface area (Å²) in [6.07, 6.45) is 3.48. The van der Waals surface area contributed by atoms with Gasteiger partial charge in [0, 0.05) is 18.8 Å². The second-order valence-corrected chi connectivity index (χ2v) is 5.48. The fraction of sp³-hybridized carbons (Fsp3) is 0.222. The van der Waals surface area contributed by atoms with Crippen LogP contribution < -0.4 is 20.3 Å². The van der Waals surface area contributed by atoms with Gasteiger partial charge in [-0.05, 0) is 31.2 Å². The number of para-hydroxylation sites is 1. The maximum Gasteiger partial charge on any atom is 0.286 e. The third kappa shape index (κ3) is 3.50. The van der Waals surface area contributed by atoms with Crippen molar-refractivity contribution in [3.05, 3.63) is 53.4 Å². The Bertz CT molecular complexity index is 839. The summed E-state index contributed by atoms with van der Waals surface area (Å²) in [7, 11) is 1.75. The van der Waals surface area contributed by atoms with Crippen molar-refractivity contribution >= 4 is 17.9 Å². The van der Waals surface area contributed by atoms with Crippen molar-refractivity contribution in [3.8, 4) is 11.5 Å². The van der Waals surface area contributed by atoms with Crippen molar-refractivity contribution in [1.29, 1.82) is 0 Å². The van der Waals surface area contributed by atoms with Crippen molar-refractivity contribution in [1.82, 2.24) is 15.4 Å². The van der Waals surface area contributed by atoms with E-state index in [1.807, 2.05) is 25.1 Å². The number of rotatable bonds is 4. The first kappa shape index (κ1) is 16.6. The molecule has 1 aliphatic heterocycles. The molecule has 0 aliphatic carbocycles.